The molecule has 1 aliphatic rings. The number of thioether (sulfide) groups is 1. The van der Waals surface area contributed by atoms with Crippen LogP contribution in [0.25, 0.3) is 5.78 Å². The van der Waals surface area contributed by atoms with Gasteiger partial charge in [0.25, 0.3) is 5.78 Å². The Kier molecular flexibility index (Phi) is 3.43. The minimum absolute atomic E-state index is 0.0809. The Balaban J connectivity index is 1.71. The molecule has 0 bridgehead atoms. The van der Waals surface area contributed by atoms with E-state index in [4.69, 9.17) is 9.47 Å². The molecule has 1 fully saturated rings. The third-order valence-corrected chi connectivity index (χ3v) is 4.03. The van der Waals surface area contributed by atoms with Gasteiger partial charge in [-0.05, 0) is 33.8 Å². The largest absolute Gasteiger partial charge is 0.348 e. The average Bonchev–Trinajstić information content (AvgIpc) is 2.90. The molecule has 3 heterocycles. The Bertz CT molecular complexity index is 641. The van der Waals surface area contributed by atoms with Crippen molar-refractivity contribution >= 4 is 17.5 Å². The first-order chi connectivity index (χ1) is 9.43. The van der Waals surface area contributed by atoms with Crippen LogP contribution in [0.15, 0.2) is 11.2 Å². The van der Waals surface area contributed by atoms with E-state index in [0.29, 0.717) is 12.4 Å². The molecule has 1 atom stereocenters. The van der Waals surface area contributed by atoms with E-state index in [9.17, 15) is 0 Å². The molecular formula is C13H18N4O2S. The third kappa shape index (κ3) is 2.79. The summed E-state index contributed by atoms with van der Waals surface area (Å²) in [6.45, 7) is 8.43. The number of fused-ring (bicyclic) bond motifs is 1. The molecule has 0 radical (unpaired) electrons. The molecule has 0 N–H and O–H groups in total. The van der Waals surface area contributed by atoms with E-state index in [1.165, 1.54) is 0 Å². The second kappa shape index (κ2) is 4.98. The van der Waals surface area contributed by atoms with Gasteiger partial charge < -0.3 is 9.47 Å². The molecule has 0 aliphatic carbocycles. The monoisotopic (exact) mass is 294 g/mol. The Hall–Kier alpha value is -1.18. The van der Waals surface area contributed by atoms with Gasteiger partial charge in [0.1, 0.15) is 0 Å². The van der Waals surface area contributed by atoms with Crippen molar-refractivity contribution in [3.8, 4) is 0 Å². The molecule has 1 saturated heterocycles. The Morgan fingerprint density at radius 1 is 1.40 bits per heavy atom. The maximum atomic E-state index is 5.77. The molecule has 7 heteroatoms. The van der Waals surface area contributed by atoms with Crippen molar-refractivity contribution in [1.82, 2.24) is 19.6 Å². The van der Waals surface area contributed by atoms with Gasteiger partial charge in [-0.25, -0.2) is 9.50 Å². The summed E-state index contributed by atoms with van der Waals surface area (Å²) in [4.78, 5) is 8.82. The SMILES string of the molecule is Cc1cc(C)n2nc(SC[C@@H]3COC(C)(C)O3)nc2n1. The topological polar surface area (TPSA) is 61.5 Å². The van der Waals surface area contributed by atoms with E-state index in [1.54, 1.807) is 16.3 Å². The van der Waals surface area contributed by atoms with Crippen LogP contribution in [-0.2, 0) is 9.47 Å². The summed E-state index contributed by atoms with van der Waals surface area (Å²) in [6.07, 6.45) is 0.0809. The lowest BCUT2D eigenvalue weighted by Gasteiger charge is -2.16. The maximum absolute atomic E-state index is 5.77. The molecule has 0 unspecified atom stereocenters. The normalized spacial score (nSPS) is 21.7. The molecule has 0 aromatic carbocycles. The van der Waals surface area contributed by atoms with Gasteiger partial charge in [-0.2, -0.15) is 4.98 Å². The van der Waals surface area contributed by atoms with Crippen molar-refractivity contribution < 1.29 is 9.47 Å². The van der Waals surface area contributed by atoms with E-state index in [-0.39, 0.29) is 6.10 Å². The fourth-order valence-corrected chi connectivity index (χ4v) is 3.01. The zero-order valence-corrected chi connectivity index (χ0v) is 12.9. The zero-order chi connectivity index (χ0) is 14.3. The van der Waals surface area contributed by atoms with Crippen LogP contribution < -0.4 is 0 Å². The predicted octanol–water partition coefficient (Wildman–Crippen LogP) is 1.98. The summed E-state index contributed by atoms with van der Waals surface area (Å²) in [7, 11) is 0. The van der Waals surface area contributed by atoms with E-state index in [1.807, 2.05) is 33.8 Å². The first kappa shape index (κ1) is 13.8. The van der Waals surface area contributed by atoms with Crippen LogP contribution in [0.3, 0.4) is 0 Å². The molecule has 0 saturated carbocycles. The van der Waals surface area contributed by atoms with Gasteiger partial charge in [-0.3, -0.25) is 0 Å². The van der Waals surface area contributed by atoms with Crippen LogP contribution in [-0.4, -0.2) is 43.8 Å². The van der Waals surface area contributed by atoms with Crippen LogP contribution >= 0.6 is 11.8 Å². The lowest BCUT2D eigenvalue weighted by atomic mass is 10.4. The van der Waals surface area contributed by atoms with Crippen LogP contribution in [0, 0.1) is 13.8 Å². The second-order valence-electron chi connectivity index (χ2n) is 5.41. The van der Waals surface area contributed by atoms with Crippen molar-refractivity contribution in [3.63, 3.8) is 0 Å². The van der Waals surface area contributed by atoms with Crippen molar-refractivity contribution in [2.24, 2.45) is 0 Å². The standard InChI is InChI=1S/C13H18N4O2S/c1-8-5-9(2)17-11(14-8)15-12(16-17)20-7-10-6-18-13(3,4)19-10/h5,10H,6-7H2,1-4H3/t10-/m0/s1. The smallest absolute Gasteiger partial charge is 0.253 e. The van der Waals surface area contributed by atoms with E-state index >= 15 is 0 Å². The maximum Gasteiger partial charge on any atom is 0.253 e. The van der Waals surface area contributed by atoms with Gasteiger partial charge in [0.2, 0.25) is 5.16 Å². The first-order valence-electron chi connectivity index (χ1n) is 6.58. The van der Waals surface area contributed by atoms with Gasteiger partial charge in [-0.1, -0.05) is 11.8 Å². The highest BCUT2D eigenvalue weighted by molar-refractivity contribution is 7.99. The summed E-state index contributed by atoms with van der Waals surface area (Å²) >= 11 is 1.57. The molecule has 108 valence electrons. The number of rotatable bonds is 3. The fraction of sp³-hybridized carbons (Fsp3) is 0.615. The van der Waals surface area contributed by atoms with Gasteiger partial charge in [0.05, 0.1) is 12.7 Å². The lowest BCUT2D eigenvalue weighted by molar-refractivity contribution is -0.135. The van der Waals surface area contributed by atoms with Crippen LogP contribution in [0.1, 0.15) is 25.2 Å². The molecule has 2 aromatic rings. The highest BCUT2D eigenvalue weighted by Crippen LogP contribution is 2.26. The minimum Gasteiger partial charge on any atom is -0.348 e. The quantitative estimate of drug-likeness (QED) is 0.807. The summed E-state index contributed by atoms with van der Waals surface area (Å²) in [6, 6.07) is 1.99. The number of aryl methyl sites for hydroxylation is 2. The van der Waals surface area contributed by atoms with Crippen molar-refractivity contribution in [3.05, 3.63) is 17.5 Å². The van der Waals surface area contributed by atoms with Gasteiger partial charge in [-0.15, -0.1) is 5.10 Å². The van der Waals surface area contributed by atoms with Crippen molar-refractivity contribution in [1.29, 1.82) is 0 Å². The van der Waals surface area contributed by atoms with Crippen molar-refractivity contribution in [2.75, 3.05) is 12.4 Å². The fourth-order valence-electron chi connectivity index (χ4n) is 2.22. The molecule has 0 amide bonds. The van der Waals surface area contributed by atoms with Crippen LogP contribution in [0.5, 0.6) is 0 Å². The summed E-state index contributed by atoms with van der Waals surface area (Å²) < 4.78 is 13.1. The zero-order valence-electron chi connectivity index (χ0n) is 12.1. The Morgan fingerprint density at radius 2 is 2.20 bits per heavy atom. The summed E-state index contributed by atoms with van der Waals surface area (Å²) in [5, 5.41) is 5.18. The Morgan fingerprint density at radius 3 is 2.90 bits per heavy atom. The van der Waals surface area contributed by atoms with E-state index in [2.05, 4.69) is 15.1 Å². The molecule has 3 rings (SSSR count). The number of nitrogens with zero attached hydrogens (tertiary/aromatic N) is 4. The van der Waals surface area contributed by atoms with E-state index < -0.39 is 5.79 Å². The minimum atomic E-state index is -0.479. The highest BCUT2D eigenvalue weighted by Gasteiger charge is 2.32. The van der Waals surface area contributed by atoms with Gasteiger partial charge >= 0.3 is 0 Å². The summed E-state index contributed by atoms with van der Waals surface area (Å²) in [5.74, 6) is 0.944. The number of ether oxygens (including phenoxy) is 2. The predicted molar refractivity (Wildman–Crippen MR) is 75.9 cm³/mol. The first-order valence-corrected chi connectivity index (χ1v) is 7.57. The number of hydrogen-bond donors (Lipinski definition) is 0. The molecular weight excluding hydrogens is 276 g/mol. The average molecular weight is 294 g/mol. The summed E-state index contributed by atoms with van der Waals surface area (Å²) in [5.41, 5.74) is 1.99. The van der Waals surface area contributed by atoms with Gasteiger partial charge in [0, 0.05) is 17.1 Å². The highest BCUT2D eigenvalue weighted by atomic mass is 32.2. The second-order valence-corrected chi connectivity index (χ2v) is 6.39. The van der Waals surface area contributed by atoms with Crippen LogP contribution in [0.2, 0.25) is 0 Å². The van der Waals surface area contributed by atoms with Crippen molar-refractivity contribution in [2.45, 2.75) is 44.7 Å². The van der Waals surface area contributed by atoms with Crippen LogP contribution in [0.4, 0.5) is 0 Å². The Labute approximate surface area is 121 Å². The molecule has 2 aromatic heterocycles. The number of aromatic nitrogens is 4. The van der Waals surface area contributed by atoms with Gasteiger partial charge in [0.15, 0.2) is 5.79 Å². The molecule has 1 aliphatic heterocycles. The number of hydrogen-bond acceptors (Lipinski definition) is 6. The third-order valence-electron chi connectivity index (χ3n) is 3.06. The lowest BCUT2D eigenvalue weighted by Crippen LogP contribution is -2.22. The molecule has 6 nitrogen and oxygen atoms in total. The molecule has 20 heavy (non-hydrogen) atoms. The molecule has 0 spiro atoms. The van der Waals surface area contributed by atoms with E-state index in [0.717, 1.165) is 22.3 Å².